The standard InChI is InChI=1S/C17H18N4O5S/c1-2-26-14-6-5-11(10-13(14)21(24)25)16(23)20-8-3-4-12(20)15(22)19-17-18-7-9-27-17/h5-7,9-10,12H,2-4,8H2,1H3,(H,18,19,22). The van der Waals surface area contributed by atoms with Crippen molar-refractivity contribution < 1.29 is 19.2 Å². The number of rotatable bonds is 6. The van der Waals surface area contributed by atoms with Crippen LogP contribution < -0.4 is 10.1 Å². The minimum atomic E-state index is -0.632. The molecule has 2 amide bonds. The van der Waals surface area contributed by atoms with Gasteiger partial charge in [0.2, 0.25) is 5.91 Å². The predicted molar refractivity (Wildman–Crippen MR) is 99.1 cm³/mol. The quantitative estimate of drug-likeness (QED) is 0.599. The van der Waals surface area contributed by atoms with Gasteiger partial charge >= 0.3 is 5.69 Å². The number of nitrogens with zero attached hydrogens (tertiary/aromatic N) is 3. The Kier molecular flexibility index (Phi) is 5.65. The number of anilines is 1. The molecule has 1 atom stereocenters. The summed E-state index contributed by atoms with van der Waals surface area (Å²) in [5.74, 6) is -0.618. The molecule has 1 aliphatic rings. The Labute approximate surface area is 159 Å². The van der Waals surface area contributed by atoms with E-state index in [0.29, 0.717) is 24.5 Å². The first-order chi connectivity index (χ1) is 13.0. The Hall–Kier alpha value is -3.01. The monoisotopic (exact) mass is 390 g/mol. The van der Waals surface area contributed by atoms with Crippen LogP contribution in [0.1, 0.15) is 30.1 Å². The van der Waals surface area contributed by atoms with Crippen molar-refractivity contribution >= 4 is 34.0 Å². The number of amides is 2. The van der Waals surface area contributed by atoms with E-state index in [1.54, 1.807) is 18.5 Å². The lowest BCUT2D eigenvalue weighted by Gasteiger charge is -2.23. The van der Waals surface area contributed by atoms with E-state index in [4.69, 9.17) is 4.74 Å². The Morgan fingerprint density at radius 3 is 2.96 bits per heavy atom. The number of hydrogen-bond donors (Lipinski definition) is 1. The first-order valence-electron chi connectivity index (χ1n) is 8.43. The SMILES string of the molecule is CCOc1ccc(C(=O)N2CCCC2C(=O)Nc2nccs2)cc1[N+](=O)[O-]. The van der Waals surface area contributed by atoms with E-state index >= 15 is 0 Å². The Bertz CT molecular complexity index is 855. The van der Waals surface area contributed by atoms with Gasteiger partial charge in [0.05, 0.1) is 11.5 Å². The van der Waals surface area contributed by atoms with Gasteiger partial charge < -0.3 is 15.0 Å². The molecule has 1 aliphatic heterocycles. The fourth-order valence-electron chi connectivity index (χ4n) is 2.99. The number of ether oxygens (including phenoxy) is 1. The van der Waals surface area contributed by atoms with Crippen molar-refractivity contribution in [1.29, 1.82) is 0 Å². The highest BCUT2D eigenvalue weighted by Gasteiger charge is 2.35. The van der Waals surface area contributed by atoms with Crippen LogP contribution in [0.3, 0.4) is 0 Å². The first kappa shape index (κ1) is 18.8. The lowest BCUT2D eigenvalue weighted by Crippen LogP contribution is -2.43. The molecule has 9 nitrogen and oxygen atoms in total. The van der Waals surface area contributed by atoms with Gasteiger partial charge in [0.15, 0.2) is 10.9 Å². The maximum Gasteiger partial charge on any atom is 0.311 e. The summed E-state index contributed by atoms with van der Waals surface area (Å²) in [5.41, 5.74) is -0.121. The van der Waals surface area contributed by atoms with Crippen LogP contribution in [0.2, 0.25) is 0 Å². The van der Waals surface area contributed by atoms with Crippen LogP contribution >= 0.6 is 11.3 Å². The summed E-state index contributed by atoms with van der Waals surface area (Å²) in [5, 5.41) is 16.2. The molecule has 1 aromatic heterocycles. The number of hydrogen-bond acceptors (Lipinski definition) is 7. The normalized spacial score (nSPS) is 16.2. The molecule has 1 fully saturated rings. The number of aromatic nitrogens is 1. The summed E-state index contributed by atoms with van der Waals surface area (Å²) >= 11 is 1.29. The van der Waals surface area contributed by atoms with Crippen LogP contribution in [0, 0.1) is 10.1 Å². The molecule has 0 radical (unpaired) electrons. The topological polar surface area (TPSA) is 115 Å². The second-order valence-corrected chi connectivity index (χ2v) is 6.75. The number of benzene rings is 1. The maximum absolute atomic E-state index is 12.9. The van der Waals surface area contributed by atoms with Crippen LogP contribution in [-0.4, -0.2) is 45.8 Å². The summed E-state index contributed by atoms with van der Waals surface area (Å²) in [6.07, 6.45) is 2.79. The Morgan fingerprint density at radius 2 is 2.30 bits per heavy atom. The maximum atomic E-state index is 12.9. The molecule has 1 unspecified atom stereocenters. The summed E-state index contributed by atoms with van der Waals surface area (Å²) in [6, 6.07) is 3.46. The molecule has 142 valence electrons. The minimum Gasteiger partial charge on any atom is -0.487 e. The van der Waals surface area contributed by atoms with Gasteiger partial charge in [0.1, 0.15) is 6.04 Å². The van der Waals surface area contributed by atoms with Crippen molar-refractivity contribution in [3.05, 3.63) is 45.5 Å². The number of nitro benzene ring substituents is 1. The van der Waals surface area contributed by atoms with Gasteiger partial charge in [-0.1, -0.05) is 0 Å². The van der Waals surface area contributed by atoms with E-state index < -0.39 is 16.9 Å². The average molecular weight is 390 g/mol. The number of thiazole rings is 1. The molecular formula is C17H18N4O5S. The van der Waals surface area contributed by atoms with E-state index in [0.717, 1.165) is 0 Å². The van der Waals surface area contributed by atoms with E-state index in [-0.39, 0.29) is 29.5 Å². The van der Waals surface area contributed by atoms with Gasteiger partial charge in [-0.25, -0.2) is 4.98 Å². The number of nitrogens with one attached hydrogen (secondary N) is 1. The van der Waals surface area contributed by atoms with Gasteiger partial charge in [-0.3, -0.25) is 19.7 Å². The van der Waals surface area contributed by atoms with Gasteiger partial charge in [0.25, 0.3) is 5.91 Å². The average Bonchev–Trinajstić information content (AvgIpc) is 3.33. The Morgan fingerprint density at radius 1 is 1.48 bits per heavy atom. The van der Waals surface area contributed by atoms with E-state index in [9.17, 15) is 19.7 Å². The van der Waals surface area contributed by atoms with Crippen LogP contribution in [-0.2, 0) is 4.79 Å². The van der Waals surface area contributed by atoms with Crippen molar-refractivity contribution in [1.82, 2.24) is 9.88 Å². The molecule has 0 bridgehead atoms. The highest BCUT2D eigenvalue weighted by Crippen LogP contribution is 2.30. The fraction of sp³-hybridized carbons (Fsp3) is 0.353. The highest BCUT2D eigenvalue weighted by atomic mass is 32.1. The molecule has 0 spiro atoms. The van der Waals surface area contributed by atoms with Crippen molar-refractivity contribution in [3.63, 3.8) is 0 Å². The molecule has 0 saturated carbocycles. The van der Waals surface area contributed by atoms with Crippen molar-refractivity contribution in [2.75, 3.05) is 18.5 Å². The van der Waals surface area contributed by atoms with Crippen LogP contribution in [0.25, 0.3) is 0 Å². The molecule has 2 aromatic rings. The minimum absolute atomic E-state index is 0.110. The zero-order chi connectivity index (χ0) is 19.4. The van der Waals surface area contributed by atoms with Gasteiger partial charge in [-0.15, -0.1) is 11.3 Å². The third-order valence-electron chi connectivity index (χ3n) is 4.18. The van der Waals surface area contributed by atoms with Crippen LogP contribution in [0.5, 0.6) is 5.75 Å². The molecule has 27 heavy (non-hydrogen) atoms. The lowest BCUT2D eigenvalue weighted by molar-refractivity contribution is -0.385. The number of nitro groups is 1. The van der Waals surface area contributed by atoms with Gasteiger partial charge in [0, 0.05) is 29.8 Å². The molecule has 10 heteroatoms. The number of likely N-dealkylation sites (tertiary alicyclic amines) is 1. The molecule has 1 saturated heterocycles. The van der Waals surface area contributed by atoms with Gasteiger partial charge in [-0.2, -0.15) is 0 Å². The smallest absolute Gasteiger partial charge is 0.311 e. The largest absolute Gasteiger partial charge is 0.487 e. The molecule has 0 aliphatic carbocycles. The summed E-state index contributed by atoms with van der Waals surface area (Å²) in [4.78, 5) is 41.5. The van der Waals surface area contributed by atoms with E-state index in [2.05, 4.69) is 10.3 Å². The van der Waals surface area contributed by atoms with Crippen molar-refractivity contribution in [2.45, 2.75) is 25.8 Å². The zero-order valence-electron chi connectivity index (χ0n) is 14.6. The summed E-state index contributed by atoms with van der Waals surface area (Å²) < 4.78 is 5.24. The molecule has 3 rings (SSSR count). The van der Waals surface area contributed by atoms with Crippen LogP contribution in [0.4, 0.5) is 10.8 Å². The van der Waals surface area contributed by atoms with Crippen LogP contribution in [0.15, 0.2) is 29.8 Å². The van der Waals surface area contributed by atoms with E-state index in [1.165, 1.54) is 34.4 Å². The third-order valence-corrected chi connectivity index (χ3v) is 4.87. The molecule has 1 aromatic carbocycles. The third kappa shape index (κ3) is 4.05. The molecule has 2 heterocycles. The Balaban J connectivity index is 1.80. The fourth-order valence-corrected chi connectivity index (χ4v) is 3.52. The highest BCUT2D eigenvalue weighted by molar-refractivity contribution is 7.13. The number of carbonyl (C=O) groups is 2. The molecular weight excluding hydrogens is 372 g/mol. The zero-order valence-corrected chi connectivity index (χ0v) is 15.4. The second-order valence-electron chi connectivity index (χ2n) is 5.86. The predicted octanol–water partition coefficient (Wildman–Crippen LogP) is 2.69. The summed E-state index contributed by atoms with van der Waals surface area (Å²) in [6.45, 7) is 2.41. The lowest BCUT2D eigenvalue weighted by atomic mass is 10.1. The van der Waals surface area contributed by atoms with E-state index in [1.807, 2.05) is 0 Å². The first-order valence-corrected chi connectivity index (χ1v) is 9.31. The van der Waals surface area contributed by atoms with Gasteiger partial charge in [-0.05, 0) is 31.9 Å². The van der Waals surface area contributed by atoms with Crippen molar-refractivity contribution in [2.24, 2.45) is 0 Å². The number of carbonyl (C=O) groups excluding carboxylic acids is 2. The van der Waals surface area contributed by atoms with Crippen molar-refractivity contribution in [3.8, 4) is 5.75 Å². The molecule has 1 N–H and O–H groups in total. The summed E-state index contributed by atoms with van der Waals surface area (Å²) in [7, 11) is 0. The second kappa shape index (κ2) is 8.12.